The van der Waals surface area contributed by atoms with E-state index in [1.165, 1.54) is 0 Å². The number of ether oxygens (including phenoxy) is 2. The van der Waals surface area contributed by atoms with Crippen molar-refractivity contribution in [2.24, 2.45) is 5.73 Å². The van der Waals surface area contributed by atoms with Crippen LogP contribution in [0, 0.1) is 0 Å². The molecule has 1 unspecified atom stereocenters. The normalized spacial score (nSPS) is 12.0. The minimum absolute atomic E-state index is 0.238. The van der Waals surface area contributed by atoms with Crippen LogP contribution < -0.4 is 15.2 Å². The molecular weight excluding hydrogens is 306 g/mol. The highest BCUT2D eigenvalue weighted by atomic mass is 79.9. The fourth-order valence-electron chi connectivity index (χ4n) is 1.95. The third kappa shape index (κ3) is 3.08. The second-order valence-electron chi connectivity index (χ2n) is 4.14. The van der Waals surface area contributed by atoms with Crippen LogP contribution in [0.25, 0.3) is 0 Å². The summed E-state index contributed by atoms with van der Waals surface area (Å²) in [6.45, 7) is 0. The molecule has 0 radical (unpaired) electrons. The first-order valence-corrected chi connectivity index (χ1v) is 6.68. The summed E-state index contributed by atoms with van der Waals surface area (Å²) in [5, 5.41) is 0. The third-order valence-electron chi connectivity index (χ3n) is 2.98. The van der Waals surface area contributed by atoms with Gasteiger partial charge in [0.25, 0.3) is 0 Å². The molecule has 2 rings (SSSR count). The molecule has 0 aliphatic heterocycles. The molecule has 0 fully saturated rings. The van der Waals surface area contributed by atoms with Gasteiger partial charge < -0.3 is 15.2 Å². The summed E-state index contributed by atoms with van der Waals surface area (Å²) in [7, 11) is 3.26. The third-order valence-corrected chi connectivity index (χ3v) is 3.48. The van der Waals surface area contributed by atoms with E-state index in [9.17, 15) is 0 Å². The smallest absolute Gasteiger partial charge is 0.127 e. The average molecular weight is 322 g/mol. The van der Waals surface area contributed by atoms with E-state index in [1.54, 1.807) is 14.2 Å². The van der Waals surface area contributed by atoms with Crippen LogP contribution in [0.3, 0.4) is 0 Å². The van der Waals surface area contributed by atoms with Crippen LogP contribution in [0.4, 0.5) is 0 Å². The van der Waals surface area contributed by atoms with Crippen molar-refractivity contribution < 1.29 is 9.47 Å². The largest absolute Gasteiger partial charge is 0.497 e. The molecule has 1 atom stereocenters. The van der Waals surface area contributed by atoms with E-state index < -0.39 is 0 Å². The predicted molar refractivity (Wildman–Crippen MR) is 79.7 cm³/mol. The Morgan fingerprint density at radius 3 is 2.47 bits per heavy atom. The van der Waals surface area contributed by atoms with E-state index in [1.807, 2.05) is 42.5 Å². The molecule has 0 bridgehead atoms. The van der Waals surface area contributed by atoms with Gasteiger partial charge in [-0.1, -0.05) is 28.1 Å². The highest BCUT2D eigenvalue weighted by molar-refractivity contribution is 9.10. The summed E-state index contributed by atoms with van der Waals surface area (Å²) in [4.78, 5) is 0. The lowest BCUT2D eigenvalue weighted by molar-refractivity contribution is 0.390. The molecular formula is C15H16BrNO2. The highest BCUT2D eigenvalue weighted by Crippen LogP contribution is 2.32. The minimum Gasteiger partial charge on any atom is -0.497 e. The minimum atomic E-state index is -0.238. The summed E-state index contributed by atoms with van der Waals surface area (Å²) in [5.41, 5.74) is 8.27. The molecule has 0 saturated heterocycles. The van der Waals surface area contributed by atoms with Gasteiger partial charge in [0.15, 0.2) is 0 Å². The Balaban J connectivity index is 2.40. The first-order valence-electron chi connectivity index (χ1n) is 5.88. The van der Waals surface area contributed by atoms with Gasteiger partial charge in [-0.25, -0.2) is 0 Å². The maximum Gasteiger partial charge on any atom is 0.127 e. The lowest BCUT2D eigenvalue weighted by Crippen LogP contribution is -2.13. The molecule has 4 heteroatoms. The van der Waals surface area contributed by atoms with Crippen molar-refractivity contribution in [1.29, 1.82) is 0 Å². The lowest BCUT2D eigenvalue weighted by Gasteiger charge is -2.17. The fourth-order valence-corrected chi connectivity index (χ4v) is 2.37. The number of hydrogen-bond acceptors (Lipinski definition) is 3. The number of hydrogen-bond donors (Lipinski definition) is 1. The van der Waals surface area contributed by atoms with Gasteiger partial charge in [-0.15, -0.1) is 0 Å². The van der Waals surface area contributed by atoms with Gasteiger partial charge in [0, 0.05) is 16.1 Å². The van der Waals surface area contributed by atoms with Gasteiger partial charge in [-0.05, 0) is 29.8 Å². The maximum absolute atomic E-state index is 6.31. The average Bonchev–Trinajstić information content (AvgIpc) is 2.45. The molecule has 3 nitrogen and oxygen atoms in total. The summed E-state index contributed by atoms with van der Waals surface area (Å²) < 4.78 is 11.6. The monoisotopic (exact) mass is 321 g/mol. The van der Waals surface area contributed by atoms with Gasteiger partial charge >= 0.3 is 0 Å². The molecule has 2 aromatic carbocycles. The van der Waals surface area contributed by atoms with Crippen molar-refractivity contribution in [2.75, 3.05) is 14.2 Å². The van der Waals surface area contributed by atoms with E-state index in [4.69, 9.17) is 15.2 Å². The van der Waals surface area contributed by atoms with Crippen molar-refractivity contribution in [3.05, 3.63) is 58.1 Å². The Kier molecular flexibility index (Phi) is 4.45. The summed E-state index contributed by atoms with van der Waals surface area (Å²) in [6, 6.07) is 13.4. The summed E-state index contributed by atoms with van der Waals surface area (Å²) >= 11 is 3.45. The van der Waals surface area contributed by atoms with E-state index in [2.05, 4.69) is 15.9 Å². The molecule has 2 aromatic rings. The topological polar surface area (TPSA) is 44.5 Å². The Bertz CT molecular complexity index is 572. The van der Waals surface area contributed by atoms with Crippen molar-refractivity contribution in [3.63, 3.8) is 0 Å². The summed E-state index contributed by atoms with van der Waals surface area (Å²) in [5.74, 6) is 1.48. The van der Waals surface area contributed by atoms with E-state index in [0.717, 1.165) is 27.1 Å². The fraction of sp³-hybridized carbons (Fsp3) is 0.200. The molecule has 0 amide bonds. The molecule has 0 aromatic heterocycles. The second kappa shape index (κ2) is 6.08. The van der Waals surface area contributed by atoms with Crippen molar-refractivity contribution in [1.82, 2.24) is 0 Å². The van der Waals surface area contributed by atoms with Crippen LogP contribution >= 0.6 is 15.9 Å². The number of nitrogens with two attached hydrogens (primary N) is 1. The zero-order valence-electron chi connectivity index (χ0n) is 10.9. The van der Waals surface area contributed by atoms with Gasteiger partial charge in [-0.3, -0.25) is 0 Å². The lowest BCUT2D eigenvalue weighted by atomic mass is 9.98. The highest BCUT2D eigenvalue weighted by Gasteiger charge is 2.15. The number of rotatable bonds is 4. The van der Waals surface area contributed by atoms with Gasteiger partial charge in [0.2, 0.25) is 0 Å². The first kappa shape index (κ1) is 13.9. The van der Waals surface area contributed by atoms with Gasteiger partial charge in [-0.2, -0.15) is 0 Å². The Labute approximate surface area is 121 Å². The van der Waals surface area contributed by atoms with Crippen molar-refractivity contribution in [2.45, 2.75) is 6.04 Å². The van der Waals surface area contributed by atoms with E-state index in [-0.39, 0.29) is 6.04 Å². The maximum atomic E-state index is 6.31. The second-order valence-corrected chi connectivity index (χ2v) is 5.06. The van der Waals surface area contributed by atoms with E-state index >= 15 is 0 Å². The SMILES string of the molecule is COc1ccc(C(N)c2cccc(Br)c2)c(OC)c1. The van der Waals surface area contributed by atoms with Crippen molar-refractivity contribution >= 4 is 15.9 Å². The van der Waals surface area contributed by atoms with Crippen LogP contribution in [0.5, 0.6) is 11.5 Å². The molecule has 100 valence electrons. The summed E-state index contributed by atoms with van der Waals surface area (Å²) in [6.07, 6.45) is 0. The molecule has 19 heavy (non-hydrogen) atoms. The van der Waals surface area contributed by atoms with Crippen LogP contribution in [0.1, 0.15) is 17.2 Å². The number of methoxy groups -OCH3 is 2. The van der Waals surface area contributed by atoms with Crippen molar-refractivity contribution in [3.8, 4) is 11.5 Å². The first-order chi connectivity index (χ1) is 9.15. The molecule has 0 aliphatic carbocycles. The number of halogens is 1. The zero-order chi connectivity index (χ0) is 13.8. The molecule has 0 saturated carbocycles. The van der Waals surface area contributed by atoms with Gasteiger partial charge in [0.1, 0.15) is 11.5 Å². The zero-order valence-corrected chi connectivity index (χ0v) is 12.5. The Morgan fingerprint density at radius 2 is 1.84 bits per heavy atom. The predicted octanol–water partition coefficient (Wildman–Crippen LogP) is 3.51. The van der Waals surface area contributed by atoms with Crippen LogP contribution in [0.2, 0.25) is 0 Å². The van der Waals surface area contributed by atoms with Crippen LogP contribution in [-0.2, 0) is 0 Å². The molecule has 0 heterocycles. The van der Waals surface area contributed by atoms with Gasteiger partial charge in [0.05, 0.1) is 20.3 Å². The quantitative estimate of drug-likeness (QED) is 0.937. The van der Waals surface area contributed by atoms with Crippen LogP contribution in [0.15, 0.2) is 46.9 Å². The molecule has 0 aliphatic rings. The Hall–Kier alpha value is -1.52. The Morgan fingerprint density at radius 1 is 1.05 bits per heavy atom. The van der Waals surface area contributed by atoms with E-state index in [0.29, 0.717) is 0 Å². The molecule has 0 spiro atoms. The number of benzene rings is 2. The molecule has 2 N–H and O–H groups in total. The van der Waals surface area contributed by atoms with Crippen LogP contribution in [-0.4, -0.2) is 14.2 Å². The standard InChI is InChI=1S/C15H16BrNO2/c1-18-12-6-7-13(14(9-12)19-2)15(17)10-4-3-5-11(16)8-10/h3-9,15H,17H2,1-2H3.